The Morgan fingerprint density at radius 1 is 1.07 bits per heavy atom. The number of carbonyl (C=O) groups excluding carboxylic acids is 4. The number of anilines is 1. The van der Waals surface area contributed by atoms with Crippen LogP contribution in [0.3, 0.4) is 0 Å². The van der Waals surface area contributed by atoms with E-state index in [1.165, 1.54) is 11.8 Å². The zero-order chi connectivity index (χ0) is 21.9. The van der Waals surface area contributed by atoms with E-state index in [1.807, 2.05) is 6.07 Å². The molecule has 8 nitrogen and oxygen atoms in total. The Hall–Kier alpha value is -3.68. The standard InChI is InChI=1S/C22H23N3O5/c1-15(19(27)24(3)17-12-8-5-9-13-17)30-18(26)14-25-20(28)22(2,23-21(25)29)16-10-6-4-7-11-16/h4-13,15H,14H2,1-3H3,(H,23,29)/t15-,22-/m0/s1. The molecule has 2 atom stereocenters. The van der Waals surface area contributed by atoms with Crippen LogP contribution in [0.25, 0.3) is 0 Å². The van der Waals surface area contributed by atoms with Gasteiger partial charge in [0.05, 0.1) is 0 Å². The maximum atomic E-state index is 12.8. The quantitative estimate of drug-likeness (QED) is 0.582. The minimum absolute atomic E-state index is 0.430. The summed E-state index contributed by atoms with van der Waals surface area (Å²) in [4.78, 5) is 52.2. The number of benzene rings is 2. The molecule has 0 saturated carbocycles. The summed E-state index contributed by atoms with van der Waals surface area (Å²) in [6, 6.07) is 17.0. The predicted molar refractivity (Wildman–Crippen MR) is 109 cm³/mol. The number of carbonyl (C=O) groups is 4. The number of esters is 1. The number of hydrogen-bond acceptors (Lipinski definition) is 5. The minimum Gasteiger partial charge on any atom is -0.451 e. The van der Waals surface area contributed by atoms with Crippen LogP contribution in [0.15, 0.2) is 60.7 Å². The van der Waals surface area contributed by atoms with Crippen molar-refractivity contribution in [1.29, 1.82) is 0 Å². The number of hydrogen-bond donors (Lipinski definition) is 1. The van der Waals surface area contributed by atoms with Gasteiger partial charge in [-0.05, 0) is 31.5 Å². The van der Waals surface area contributed by atoms with Gasteiger partial charge >= 0.3 is 12.0 Å². The summed E-state index contributed by atoms with van der Waals surface area (Å²) in [5, 5.41) is 2.62. The molecule has 1 aliphatic rings. The Morgan fingerprint density at radius 2 is 1.63 bits per heavy atom. The lowest BCUT2D eigenvalue weighted by atomic mass is 9.92. The summed E-state index contributed by atoms with van der Waals surface area (Å²) >= 11 is 0. The van der Waals surface area contributed by atoms with Crippen LogP contribution in [-0.4, -0.2) is 48.4 Å². The Kier molecular flexibility index (Phi) is 5.86. The zero-order valence-electron chi connectivity index (χ0n) is 17.0. The van der Waals surface area contributed by atoms with E-state index in [9.17, 15) is 19.2 Å². The Balaban J connectivity index is 1.64. The number of likely N-dealkylation sites (N-methyl/N-ethyl adjacent to an activating group) is 1. The van der Waals surface area contributed by atoms with Crippen LogP contribution in [0.1, 0.15) is 19.4 Å². The number of urea groups is 1. The molecule has 2 aromatic carbocycles. The molecule has 30 heavy (non-hydrogen) atoms. The molecule has 0 unspecified atom stereocenters. The van der Waals surface area contributed by atoms with E-state index in [0.717, 1.165) is 4.90 Å². The number of imide groups is 1. The molecule has 3 rings (SSSR count). The maximum absolute atomic E-state index is 12.8. The van der Waals surface area contributed by atoms with E-state index in [4.69, 9.17) is 4.74 Å². The van der Waals surface area contributed by atoms with Gasteiger partial charge in [0.15, 0.2) is 6.10 Å². The first-order chi connectivity index (χ1) is 14.2. The summed E-state index contributed by atoms with van der Waals surface area (Å²) < 4.78 is 5.18. The van der Waals surface area contributed by atoms with Crippen molar-refractivity contribution in [2.45, 2.75) is 25.5 Å². The molecule has 0 radical (unpaired) electrons. The molecular formula is C22H23N3O5. The molecule has 1 saturated heterocycles. The topological polar surface area (TPSA) is 96.0 Å². The van der Waals surface area contributed by atoms with E-state index in [2.05, 4.69) is 5.32 Å². The van der Waals surface area contributed by atoms with Gasteiger partial charge in [-0.1, -0.05) is 48.5 Å². The van der Waals surface area contributed by atoms with Crippen molar-refractivity contribution < 1.29 is 23.9 Å². The highest BCUT2D eigenvalue weighted by Gasteiger charge is 2.49. The van der Waals surface area contributed by atoms with Gasteiger partial charge in [0.1, 0.15) is 12.1 Å². The molecule has 1 heterocycles. The fourth-order valence-electron chi connectivity index (χ4n) is 3.27. The van der Waals surface area contributed by atoms with Gasteiger partial charge < -0.3 is 15.0 Å². The first-order valence-electron chi connectivity index (χ1n) is 9.46. The summed E-state index contributed by atoms with van der Waals surface area (Å²) in [6.45, 7) is 2.44. The second kappa shape index (κ2) is 8.36. The molecule has 0 bridgehead atoms. The van der Waals surface area contributed by atoms with Crippen LogP contribution in [0.4, 0.5) is 10.5 Å². The van der Waals surface area contributed by atoms with Crippen LogP contribution in [0.5, 0.6) is 0 Å². The zero-order valence-corrected chi connectivity index (χ0v) is 17.0. The lowest BCUT2D eigenvalue weighted by Gasteiger charge is -2.23. The van der Waals surface area contributed by atoms with Gasteiger partial charge in [0.25, 0.3) is 11.8 Å². The number of nitrogens with one attached hydrogen (secondary N) is 1. The third kappa shape index (κ3) is 4.03. The van der Waals surface area contributed by atoms with E-state index in [0.29, 0.717) is 11.3 Å². The Morgan fingerprint density at radius 3 is 2.23 bits per heavy atom. The fourth-order valence-corrected chi connectivity index (χ4v) is 3.27. The highest BCUT2D eigenvalue weighted by molar-refractivity contribution is 6.09. The Labute approximate surface area is 174 Å². The van der Waals surface area contributed by atoms with Crippen LogP contribution < -0.4 is 10.2 Å². The molecule has 8 heteroatoms. The maximum Gasteiger partial charge on any atom is 0.327 e. The molecule has 1 N–H and O–H groups in total. The van der Waals surface area contributed by atoms with E-state index >= 15 is 0 Å². The third-order valence-electron chi connectivity index (χ3n) is 5.04. The molecule has 1 fully saturated rings. The van der Waals surface area contributed by atoms with Gasteiger partial charge in [0, 0.05) is 12.7 Å². The Bertz CT molecular complexity index is 963. The lowest BCUT2D eigenvalue weighted by molar-refractivity contribution is -0.155. The molecule has 156 valence electrons. The first kappa shape index (κ1) is 21.0. The molecule has 0 spiro atoms. The lowest BCUT2D eigenvalue weighted by Crippen LogP contribution is -2.43. The molecular weight excluding hydrogens is 386 g/mol. The number of amides is 4. The van der Waals surface area contributed by atoms with Gasteiger partial charge in [0.2, 0.25) is 0 Å². The monoisotopic (exact) mass is 409 g/mol. The largest absolute Gasteiger partial charge is 0.451 e. The molecule has 2 aromatic rings. The van der Waals surface area contributed by atoms with Crippen LogP contribution >= 0.6 is 0 Å². The summed E-state index contributed by atoms with van der Waals surface area (Å²) in [5.74, 6) is -1.84. The predicted octanol–water partition coefficient (Wildman–Crippen LogP) is 2.05. The number of para-hydroxylation sites is 1. The smallest absolute Gasteiger partial charge is 0.327 e. The minimum atomic E-state index is -1.27. The number of ether oxygens (including phenoxy) is 1. The molecule has 4 amide bonds. The van der Waals surface area contributed by atoms with Crippen LogP contribution in [-0.2, 0) is 24.7 Å². The van der Waals surface area contributed by atoms with E-state index in [-0.39, 0.29) is 0 Å². The van der Waals surface area contributed by atoms with Crippen LogP contribution in [0.2, 0.25) is 0 Å². The summed E-state index contributed by atoms with van der Waals surface area (Å²) in [6.07, 6.45) is -1.08. The first-order valence-corrected chi connectivity index (χ1v) is 9.46. The van der Waals surface area contributed by atoms with Crippen molar-refractivity contribution in [3.05, 3.63) is 66.2 Å². The second-order valence-corrected chi connectivity index (χ2v) is 7.18. The van der Waals surface area contributed by atoms with Crippen molar-refractivity contribution in [3.8, 4) is 0 Å². The van der Waals surface area contributed by atoms with E-state index in [1.54, 1.807) is 68.6 Å². The number of rotatable bonds is 6. The summed E-state index contributed by atoms with van der Waals surface area (Å²) in [7, 11) is 1.57. The molecule has 0 aromatic heterocycles. The van der Waals surface area contributed by atoms with Crippen molar-refractivity contribution in [2.75, 3.05) is 18.5 Å². The SMILES string of the molecule is C[C@H](OC(=O)CN1C(=O)N[C@@](C)(c2ccccc2)C1=O)C(=O)N(C)c1ccccc1. The highest BCUT2D eigenvalue weighted by Crippen LogP contribution is 2.28. The average molecular weight is 409 g/mol. The van der Waals surface area contributed by atoms with Crippen molar-refractivity contribution >= 4 is 29.5 Å². The molecule has 0 aliphatic carbocycles. The average Bonchev–Trinajstić information content (AvgIpc) is 2.97. The highest BCUT2D eigenvalue weighted by atomic mass is 16.5. The molecule has 1 aliphatic heterocycles. The summed E-state index contributed by atoms with van der Waals surface area (Å²) in [5.41, 5.74) is -0.0153. The van der Waals surface area contributed by atoms with E-state index < -0.39 is 42.0 Å². The van der Waals surface area contributed by atoms with Crippen molar-refractivity contribution in [2.24, 2.45) is 0 Å². The third-order valence-corrected chi connectivity index (χ3v) is 5.04. The van der Waals surface area contributed by atoms with Crippen molar-refractivity contribution in [1.82, 2.24) is 10.2 Å². The van der Waals surface area contributed by atoms with Gasteiger partial charge in [-0.15, -0.1) is 0 Å². The van der Waals surface area contributed by atoms with Crippen LogP contribution in [0, 0.1) is 0 Å². The second-order valence-electron chi connectivity index (χ2n) is 7.18. The normalized spacial score (nSPS) is 19.2. The van der Waals surface area contributed by atoms with Gasteiger partial charge in [-0.2, -0.15) is 0 Å². The number of nitrogens with zero attached hydrogens (tertiary/aromatic N) is 2. The van der Waals surface area contributed by atoms with Crippen molar-refractivity contribution in [3.63, 3.8) is 0 Å². The van der Waals surface area contributed by atoms with Gasteiger partial charge in [-0.25, -0.2) is 4.79 Å². The van der Waals surface area contributed by atoms with Gasteiger partial charge in [-0.3, -0.25) is 19.3 Å². The fraction of sp³-hybridized carbons (Fsp3) is 0.273.